The number of nitrogens with zero attached hydrogens (tertiary/aromatic N) is 5. The molecule has 0 atom stereocenters. The Morgan fingerprint density at radius 3 is 2.34 bits per heavy atom. The summed E-state index contributed by atoms with van der Waals surface area (Å²) in [6.07, 6.45) is 1.86. The molecule has 0 saturated heterocycles. The third-order valence-corrected chi connectivity index (χ3v) is 3.63. The first-order valence-electron chi connectivity index (χ1n) is 9.34. The third-order valence-electron chi connectivity index (χ3n) is 3.63. The van der Waals surface area contributed by atoms with Crippen LogP contribution in [0.3, 0.4) is 0 Å². The monoisotopic (exact) mass is 402 g/mol. The van der Waals surface area contributed by atoms with Gasteiger partial charge in [-0.3, -0.25) is 4.79 Å². The van der Waals surface area contributed by atoms with Crippen molar-refractivity contribution in [3.05, 3.63) is 35.7 Å². The predicted octanol–water partition coefficient (Wildman–Crippen LogP) is 1.30. The number of oxime groups is 1. The molecule has 2 aromatic rings. The highest BCUT2D eigenvalue weighted by molar-refractivity contribution is 5.76. The molecule has 0 aliphatic heterocycles. The Balaban J connectivity index is 1.55. The van der Waals surface area contributed by atoms with E-state index in [-0.39, 0.29) is 5.91 Å². The summed E-state index contributed by atoms with van der Waals surface area (Å²) in [6.45, 7) is 6.01. The van der Waals surface area contributed by atoms with Crippen LogP contribution in [0.5, 0.6) is 0 Å². The molecule has 1 aromatic heterocycles. The van der Waals surface area contributed by atoms with Crippen molar-refractivity contribution in [3.8, 4) is 11.4 Å². The van der Waals surface area contributed by atoms with Crippen LogP contribution in [0.15, 0.2) is 29.4 Å². The van der Waals surface area contributed by atoms with Gasteiger partial charge in [-0.05, 0) is 19.4 Å². The molecular formula is C19H26N6O4. The maximum Gasteiger partial charge on any atom is 0.222 e. The molecule has 0 aliphatic carbocycles. The van der Waals surface area contributed by atoms with Crippen LogP contribution in [0, 0.1) is 6.92 Å². The smallest absolute Gasteiger partial charge is 0.222 e. The van der Waals surface area contributed by atoms with E-state index >= 15 is 0 Å². The van der Waals surface area contributed by atoms with Crippen molar-refractivity contribution >= 4 is 12.1 Å². The van der Waals surface area contributed by atoms with E-state index in [4.69, 9.17) is 14.3 Å². The van der Waals surface area contributed by atoms with E-state index in [9.17, 15) is 4.79 Å². The van der Waals surface area contributed by atoms with Gasteiger partial charge in [-0.15, -0.1) is 20.4 Å². The summed E-state index contributed by atoms with van der Waals surface area (Å²) in [6, 6.07) is 7.56. The topological polar surface area (TPSA) is 121 Å². The van der Waals surface area contributed by atoms with Gasteiger partial charge in [-0.2, -0.15) is 0 Å². The van der Waals surface area contributed by atoms with E-state index in [1.807, 2.05) is 24.3 Å². The normalized spacial score (nSPS) is 11.0. The first-order chi connectivity index (χ1) is 14.2. The molecule has 0 fully saturated rings. The van der Waals surface area contributed by atoms with Crippen molar-refractivity contribution in [2.45, 2.75) is 26.8 Å². The molecule has 0 saturated carbocycles. The number of carbonyl (C=O) groups excluding carboxylic acids is 1. The Morgan fingerprint density at radius 2 is 1.66 bits per heavy atom. The second kappa shape index (κ2) is 13.2. The molecule has 1 heterocycles. The van der Waals surface area contributed by atoms with Crippen molar-refractivity contribution in [1.82, 2.24) is 25.7 Å². The van der Waals surface area contributed by atoms with Crippen LogP contribution in [0.4, 0.5) is 0 Å². The highest BCUT2D eigenvalue weighted by Gasteiger charge is 2.05. The van der Waals surface area contributed by atoms with Crippen LogP contribution < -0.4 is 5.32 Å². The van der Waals surface area contributed by atoms with Crippen LogP contribution in [-0.2, 0) is 25.7 Å². The van der Waals surface area contributed by atoms with Crippen molar-refractivity contribution < 1.29 is 19.1 Å². The summed E-state index contributed by atoms with van der Waals surface area (Å²) in [5.74, 6) is 0.919. The number of hydrogen-bond acceptors (Lipinski definition) is 9. The van der Waals surface area contributed by atoms with E-state index in [0.717, 1.165) is 11.1 Å². The van der Waals surface area contributed by atoms with E-state index in [1.165, 1.54) is 0 Å². The number of aromatic nitrogens is 4. The van der Waals surface area contributed by atoms with Crippen molar-refractivity contribution in [1.29, 1.82) is 0 Å². The standard InChI is InChI=1S/C19H26N6O4/c1-3-21-29-13-12-28-11-10-27-9-8-18(26)20-14-16-4-6-17(7-5-16)19-24-22-15(2)23-25-19/h3-7H,8-14H2,1-2H3,(H,20,26)/b21-3+. The Bertz CT molecular complexity index is 752. The van der Waals surface area contributed by atoms with Crippen LogP contribution >= 0.6 is 0 Å². The second-order valence-corrected chi connectivity index (χ2v) is 5.92. The second-order valence-electron chi connectivity index (χ2n) is 5.92. The number of carbonyl (C=O) groups is 1. The van der Waals surface area contributed by atoms with E-state index in [1.54, 1.807) is 20.1 Å². The number of hydrogen-bond donors (Lipinski definition) is 1. The van der Waals surface area contributed by atoms with Crippen molar-refractivity contribution in [2.75, 3.05) is 33.0 Å². The summed E-state index contributed by atoms with van der Waals surface area (Å²) in [5.41, 5.74) is 1.79. The van der Waals surface area contributed by atoms with Gasteiger partial charge >= 0.3 is 0 Å². The van der Waals surface area contributed by atoms with Gasteiger partial charge in [0.1, 0.15) is 6.61 Å². The summed E-state index contributed by atoms with van der Waals surface area (Å²) >= 11 is 0. The average molecular weight is 402 g/mol. The Morgan fingerprint density at radius 1 is 1.00 bits per heavy atom. The fourth-order valence-corrected chi connectivity index (χ4v) is 2.17. The van der Waals surface area contributed by atoms with Gasteiger partial charge in [0.2, 0.25) is 11.7 Å². The van der Waals surface area contributed by atoms with Crippen LogP contribution in [0.25, 0.3) is 11.4 Å². The minimum Gasteiger partial charge on any atom is -0.394 e. The molecule has 0 unspecified atom stereocenters. The largest absolute Gasteiger partial charge is 0.394 e. The molecule has 10 heteroatoms. The molecule has 29 heavy (non-hydrogen) atoms. The zero-order valence-electron chi connectivity index (χ0n) is 16.7. The molecule has 1 aromatic carbocycles. The maximum atomic E-state index is 11.9. The minimum absolute atomic E-state index is 0.0731. The molecule has 0 spiro atoms. The molecule has 0 bridgehead atoms. The van der Waals surface area contributed by atoms with Gasteiger partial charge in [-0.1, -0.05) is 29.4 Å². The molecule has 0 aliphatic rings. The lowest BCUT2D eigenvalue weighted by Gasteiger charge is -2.07. The first kappa shape index (κ1) is 22.3. The molecule has 2 rings (SSSR count). The summed E-state index contributed by atoms with van der Waals surface area (Å²) in [5, 5.41) is 22.3. The number of nitrogens with one attached hydrogen (secondary N) is 1. The van der Waals surface area contributed by atoms with Gasteiger partial charge < -0.3 is 19.6 Å². The van der Waals surface area contributed by atoms with Crippen molar-refractivity contribution in [3.63, 3.8) is 0 Å². The Hall–Kier alpha value is -2.98. The van der Waals surface area contributed by atoms with Crippen LogP contribution in [0.2, 0.25) is 0 Å². The van der Waals surface area contributed by atoms with Crippen LogP contribution in [0.1, 0.15) is 24.7 Å². The van der Waals surface area contributed by atoms with Gasteiger partial charge in [0.05, 0.1) is 26.4 Å². The first-order valence-corrected chi connectivity index (χ1v) is 9.34. The van der Waals surface area contributed by atoms with Crippen molar-refractivity contribution in [2.24, 2.45) is 5.16 Å². The van der Waals surface area contributed by atoms with Gasteiger partial charge in [0.25, 0.3) is 0 Å². The maximum absolute atomic E-state index is 11.9. The Labute approximate surface area is 169 Å². The number of rotatable bonds is 13. The zero-order chi connectivity index (χ0) is 20.7. The lowest BCUT2D eigenvalue weighted by atomic mass is 10.1. The number of amides is 1. The van der Waals surface area contributed by atoms with Crippen LogP contribution in [-0.4, -0.2) is 65.6 Å². The lowest BCUT2D eigenvalue weighted by Crippen LogP contribution is -2.24. The average Bonchev–Trinajstić information content (AvgIpc) is 2.74. The highest BCUT2D eigenvalue weighted by atomic mass is 16.6. The van der Waals surface area contributed by atoms with E-state index in [0.29, 0.717) is 57.6 Å². The van der Waals surface area contributed by atoms with Gasteiger partial charge in [0, 0.05) is 24.7 Å². The third kappa shape index (κ3) is 9.17. The lowest BCUT2D eigenvalue weighted by molar-refractivity contribution is -0.122. The summed E-state index contributed by atoms with van der Waals surface area (Å²) in [4.78, 5) is 16.8. The predicted molar refractivity (Wildman–Crippen MR) is 106 cm³/mol. The van der Waals surface area contributed by atoms with E-state index < -0.39 is 0 Å². The Kier molecular flexibility index (Phi) is 10.2. The molecule has 1 N–H and O–H groups in total. The summed E-state index contributed by atoms with van der Waals surface area (Å²) < 4.78 is 10.7. The minimum atomic E-state index is -0.0731. The number of benzene rings is 1. The number of aryl methyl sites for hydroxylation is 1. The summed E-state index contributed by atoms with van der Waals surface area (Å²) in [7, 11) is 0. The SMILES string of the molecule is C/C=N/OCCOCCOCCC(=O)NCc1ccc(-c2nnc(C)nn2)cc1. The molecule has 1 amide bonds. The molecule has 156 valence electrons. The van der Waals surface area contributed by atoms with E-state index in [2.05, 4.69) is 30.9 Å². The van der Waals surface area contributed by atoms with Gasteiger partial charge in [-0.25, -0.2) is 0 Å². The van der Waals surface area contributed by atoms with Gasteiger partial charge in [0.15, 0.2) is 5.82 Å². The zero-order valence-corrected chi connectivity index (χ0v) is 16.7. The highest BCUT2D eigenvalue weighted by Crippen LogP contribution is 2.13. The fraction of sp³-hybridized carbons (Fsp3) is 0.474. The molecular weight excluding hydrogens is 376 g/mol. The number of ether oxygens (including phenoxy) is 2. The molecule has 0 radical (unpaired) electrons. The fourth-order valence-electron chi connectivity index (χ4n) is 2.17. The molecule has 10 nitrogen and oxygen atoms in total. The quantitative estimate of drug-likeness (QED) is 0.302.